The predicted octanol–water partition coefficient (Wildman–Crippen LogP) is 3.61. The van der Waals surface area contributed by atoms with Gasteiger partial charge in [0.2, 0.25) is 5.91 Å². The average molecular weight is 396 g/mol. The highest BCUT2D eigenvalue weighted by atomic mass is 16.2. The van der Waals surface area contributed by atoms with Crippen molar-refractivity contribution in [1.82, 2.24) is 14.5 Å². The summed E-state index contributed by atoms with van der Waals surface area (Å²) in [7, 11) is 0. The number of benzene rings is 1. The van der Waals surface area contributed by atoms with Crippen LogP contribution < -0.4 is 10.2 Å². The highest BCUT2D eigenvalue weighted by molar-refractivity contribution is 5.92. The molecule has 156 valence electrons. The lowest BCUT2D eigenvalue weighted by Crippen LogP contribution is -2.41. The van der Waals surface area contributed by atoms with E-state index in [1.807, 2.05) is 30.9 Å². The highest BCUT2D eigenvalue weighted by Crippen LogP contribution is 2.22. The van der Waals surface area contributed by atoms with Crippen molar-refractivity contribution in [2.24, 2.45) is 5.92 Å². The van der Waals surface area contributed by atoms with Crippen LogP contribution in [0.4, 0.5) is 11.4 Å². The molecule has 2 aliphatic rings. The van der Waals surface area contributed by atoms with Crippen molar-refractivity contribution < 1.29 is 4.79 Å². The molecule has 0 aliphatic carbocycles. The lowest BCUT2D eigenvalue weighted by Gasteiger charge is -2.32. The van der Waals surface area contributed by atoms with Crippen LogP contribution in [0.3, 0.4) is 0 Å². The van der Waals surface area contributed by atoms with Gasteiger partial charge >= 0.3 is 0 Å². The van der Waals surface area contributed by atoms with Gasteiger partial charge in [-0.1, -0.05) is 12.8 Å². The number of aromatic nitrogens is 2. The Hall–Kier alpha value is -2.34. The molecule has 0 radical (unpaired) electrons. The normalized spacial score (nSPS) is 21.0. The maximum atomic E-state index is 12.6. The van der Waals surface area contributed by atoms with E-state index in [2.05, 4.69) is 36.8 Å². The zero-order valence-electron chi connectivity index (χ0n) is 17.3. The summed E-state index contributed by atoms with van der Waals surface area (Å²) < 4.78 is 2.14. The predicted molar refractivity (Wildman–Crippen MR) is 117 cm³/mol. The molecule has 29 heavy (non-hydrogen) atoms. The van der Waals surface area contributed by atoms with E-state index in [1.54, 1.807) is 0 Å². The second-order valence-corrected chi connectivity index (χ2v) is 8.50. The molecule has 2 fully saturated rings. The molecule has 0 spiro atoms. The van der Waals surface area contributed by atoms with Gasteiger partial charge in [0, 0.05) is 49.9 Å². The summed E-state index contributed by atoms with van der Waals surface area (Å²) in [6, 6.07) is 8.36. The first-order valence-corrected chi connectivity index (χ1v) is 11.1. The van der Waals surface area contributed by atoms with E-state index in [1.165, 1.54) is 37.8 Å². The number of hydrogen-bond donors (Lipinski definition) is 1. The third kappa shape index (κ3) is 5.82. The molecule has 4 rings (SSSR count). The number of carbonyl (C=O) groups is 1. The number of anilines is 2. The van der Waals surface area contributed by atoms with Gasteiger partial charge in [-0.25, -0.2) is 4.98 Å². The number of amides is 1. The molecule has 2 aromatic rings. The Bertz CT molecular complexity index is 750. The van der Waals surface area contributed by atoms with E-state index in [0.29, 0.717) is 12.5 Å². The first-order chi connectivity index (χ1) is 14.3. The van der Waals surface area contributed by atoms with Crippen LogP contribution in [0.2, 0.25) is 0 Å². The van der Waals surface area contributed by atoms with E-state index in [0.717, 1.165) is 44.8 Å². The Morgan fingerprint density at radius 3 is 2.55 bits per heavy atom. The fraction of sp³-hybridized carbons (Fsp3) is 0.565. The van der Waals surface area contributed by atoms with Crippen LogP contribution in [0.1, 0.15) is 38.5 Å². The van der Waals surface area contributed by atoms with Crippen LogP contribution >= 0.6 is 0 Å². The first-order valence-electron chi connectivity index (χ1n) is 11.1. The molecular formula is C23H33N5O. The van der Waals surface area contributed by atoms with Gasteiger partial charge in [-0.05, 0) is 62.4 Å². The zero-order valence-corrected chi connectivity index (χ0v) is 17.3. The van der Waals surface area contributed by atoms with Crippen molar-refractivity contribution in [2.45, 2.75) is 45.1 Å². The van der Waals surface area contributed by atoms with Crippen molar-refractivity contribution in [2.75, 3.05) is 42.9 Å². The first kappa shape index (κ1) is 20.0. The zero-order chi connectivity index (χ0) is 19.9. The standard InChI is InChI=1S/C23H33N5O/c29-23(18-26-12-5-6-20(16-26)17-27-15-11-24-19-27)25-21-7-9-22(10-8-21)28-13-3-1-2-4-14-28/h7-11,15,19-20H,1-6,12-14,16-18H2,(H,25,29)/t20-/m1/s1. The summed E-state index contributed by atoms with van der Waals surface area (Å²) in [5.74, 6) is 0.662. The number of rotatable bonds is 6. The molecule has 1 aromatic heterocycles. The topological polar surface area (TPSA) is 53.4 Å². The lowest BCUT2D eigenvalue weighted by molar-refractivity contribution is -0.117. The third-order valence-corrected chi connectivity index (χ3v) is 6.12. The molecule has 2 saturated heterocycles. The van der Waals surface area contributed by atoms with E-state index in [9.17, 15) is 4.79 Å². The van der Waals surface area contributed by atoms with Crippen LogP contribution in [0.25, 0.3) is 0 Å². The van der Waals surface area contributed by atoms with Crippen LogP contribution in [-0.4, -0.2) is 53.1 Å². The Balaban J connectivity index is 1.25. The largest absolute Gasteiger partial charge is 0.372 e. The molecule has 1 amide bonds. The number of imidazole rings is 1. The minimum absolute atomic E-state index is 0.0794. The van der Waals surface area contributed by atoms with E-state index < -0.39 is 0 Å². The Kier molecular flexibility index (Phi) is 6.83. The molecule has 6 heteroatoms. The number of hydrogen-bond acceptors (Lipinski definition) is 4. The highest BCUT2D eigenvalue weighted by Gasteiger charge is 2.22. The van der Waals surface area contributed by atoms with E-state index >= 15 is 0 Å². The molecule has 6 nitrogen and oxygen atoms in total. The number of nitrogens with zero attached hydrogens (tertiary/aromatic N) is 4. The summed E-state index contributed by atoms with van der Waals surface area (Å²) in [5.41, 5.74) is 2.16. The lowest BCUT2D eigenvalue weighted by atomic mass is 9.98. The van der Waals surface area contributed by atoms with Crippen molar-refractivity contribution in [1.29, 1.82) is 0 Å². The number of nitrogens with one attached hydrogen (secondary N) is 1. The van der Waals surface area contributed by atoms with Gasteiger partial charge < -0.3 is 14.8 Å². The molecule has 0 saturated carbocycles. The number of likely N-dealkylation sites (tertiary alicyclic amines) is 1. The van der Waals surface area contributed by atoms with Crippen molar-refractivity contribution in [3.63, 3.8) is 0 Å². The average Bonchev–Trinajstić information content (AvgIpc) is 3.08. The molecule has 2 aliphatic heterocycles. The summed E-state index contributed by atoms with van der Waals surface area (Å²) in [6.45, 7) is 5.70. The second-order valence-electron chi connectivity index (χ2n) is 8.50. The minimum atomic E-state index is 0.0794. The molecule has 1 N–H and O–H groups in total. The second kappa shape index (κ2) is 9.92. The summed E-state index contributed by atoms with van der Waals surface area (Å²) >= 11 is 0. The monoisotopic (exact) mass is 395 g/mol. The van der Waals surface area contributed by atoms with Gasteiger partial charge in [-0.15, -0.1) is 0 Å². The molecule has 1 aromatic carbocycles. The van der Waals surface area contributed by atoms with Crippen LogP contribution in [0, 0.1) is 5.92 Å². The maximum absolute atomic E-state index is 12.6. The SMILES string of the molecule is O=C(CN1CCC[C@@H](Cn2ccnc2)C1)Nc1ccc(N2CCCCCC2)cc1. The Morgan fingerprint density at radius 2 is 1.83 bits per heavy atom. The van der Waals surface area contributed by atoms with Crippen molar-refractivity contribution >= 4 is 17.3 Å². The van der Waals surface area contributed by atoms with Crippen molar-refractivity contribution in [3.05, 3.63) is 43.0 Å². The smallest absolute Gasteiger partial charge is 0.238 e. The van der Waals surface area contributed by atoms with Crippen LogP contribution in [0.15, 0.2) is 43.0 Å². The molecule has 0 unspecified atom stereocenters. The molecule has 0 bridgehead atoms. The van der Waals surface area contributed by atoms with Gasteiger partial charge in [0.05, 0.1) is 12.9 Å². The van der Waals surface area contributed by atoms with Crippen LogP contribution in [-0.2, 0) is 11.3 Å². The van der Waals surface area contributed by atoms with Gasteiger partial charge in [0.15, 0.2) is 0 Å². The number of piperidine rings is 1. The quantitative estimate of drug-likeness (QED) is 0.812. The third-order valence-electron chi connectivity index (χ3n) is 6.12. The van der Waals surface area contributed by atoms with E-state index in [4.69, 9.17) is 0 Å². The Morgan fingerprint density at radius 1 is 1.03 bits per heavy atom. The Labute approximate surface area is 173 Å². The van der Waals surface area contributed by atoms with Gasteiger partial charge in [-0.2, -0.15) is 0 Å². The fourth-order valence-corrected chi connectivity index (χ4v) is 4.62. The maximum Gasteiger partial charge on any atom is 0.238 e. The summed E-state index contributed by atoms with van der Waals surface area (Å²) in [5, 5.41) is 3.08. The summed E-state index contributed by atoms with van der Waals surface area (Å²) in [6.07, 6.45) is 13.3. The molecular weight excluding hydrogens is 362 g/mol. The van der Waals surface area contributed by atoms with Gasteiger partial charge in [0.25, 0.3) is 0 Å². The van der Waals surface area contributed by atoms with E-state index in [-0.39, 0.29) is 5.91 Å². The molecule has 1 atom stereocenters. The van der Waals surface area contributed by atoms with Crippen molar-refractivity contribution in [3.8, 4) is 0 Å². The minimum Gasteiger partial charge on any atom is -0.372 e. The number of carbonyl (C=O) groups excluding carboxylic acids is 1. The van der Waals surface area contributed by atoms with Gasteiger partial charge in [-0.3, -0.25) is 9.69 Å². The molecule has 3 heterocycles. The summed E-state index contributed by atoms with van der Waals surface area (Å²) in [4.78, 5) is 21.4. The van der Waals surface area contributed by atoms with Crippen LogP contribution in [0.5, 0.6) is 0 Å². The van der Waals surface area contributed by atoms with Gasteiger partial charge in [0.1, 0.15) is 0 Å². The fourth-order valence-electron chi connectivity index (χ4n) is 4.62.